The Bertz CT molecular complexity index is 326. The van der Waals surface area contributed by atoms with Gasteiger partial charge >= 0.3 is 0 Å². The van der Waals surface area contributed by atoms with Crippen LogP contribution in [0.5, 0.6) is 0 Å². The third-order valence-electron chi connectivity index (χ3n) is 2.90. The normalized spacial score (nSPS) is 21.0. The number of aryl methyl sites for hydroxylation is 1. The van der Waals surface area contributed by atoms with Gasteiger partial charge in [0.05, 0.1) is 6.61 Å². The number of hydrogen-bond donors (Lipinski definition) is 0. The molecule has 88 valence electrons. The van der Waals surface area contributed by atoms with Crippen molar-refractivity contribution in [3.8, 4) is 0 Å². The van der Waals surface area contributed by atoms with Gasteiger partial charge in [-0.1, -0.05) is 12.1 Å². The zero-order valence-electron chi connectivity index (χ0n) is 9.54. The Morgan fingerprint density at radius 2 is 2.31 bits per heavy atom. The molecule has 1 saturated heterocycles. The Hall–Kier alpha value is -0.930. The van der Waals surface area contributed by atoms with E-state index in [0.29, 0.717) is 12.2 Å². The molecule has 0 radical (unpaired) electrons. The van der Waals surface area contributed by atoms with E-state index < -0.39 is 0 Å². The minimum Gasteiger partial charge on any atom is -0.353 e. The molecule has 1 unspecified atom stereocenters. The predicted octanol–water partition coefficient (Wildman–Crippen LogP) is 3.18. The van der Waals surface area contributed by atoms with Gasteiger partial charge in [-0.15, -0.1) is 0 Å². The Morgan fingerprint density at radius 1 is 1.44 bits per heavy atom. The predicted molar refractivity (Wildman–Crippen MR) is 59.5 cm³/mol. The summed E-state index contributed by atoms with van der Waals surface area (Å²) in [6.45, 7) is 2.94. The highest BCUT2D eigenvalue weighted by atomic mass is 19.1. The molecule has 0 saturated carbocycles. The molecule has 1 heterocycles. The summed E-state index contributed by atoms with van der Waals surface area (Å²) < 4.78 is 24.5. The molecule has 3 heteroatoms. The molecule has 0 spiro atoms. The molecule has 0 aromatic heterocycles. The van der Waals surface area contributed by atoms with Gasteiger partial charge in [-0.3, -0.25) is 0 Å². The van der Waals surface area contributed by atoms with Crippen LogP contribution in [-0.4, -0.2) is 12.9 Å². The summed E-state index contributed by atoms with van der Waals surface area (Å²) >= 11 is 0. The quantitative estimate of drug-likeness (QED) is 0.785. The van der Waals surface area contributed by atoms with E-state index >= 15 is 0 Å². The van der Waals surface area contributed by atoms with Crippen LogP contribution in [0.1, 0.15) is 30.4 Å². The lowest BCUT2D eigenvalue weighted by atomic mass is 10.1. The summed E-state index contributed by atoms with van der Waals surface area (Å²) in [5.41, 5.74) is 1.56. The van der Waals surface area contributed by atoms with Gasteiger partial charge < -0.3 is 9.47 Å². The highest BCUT2D eigenvalue weighted by molar-refractivity contribution is 5.26. The van der Waals surface area contributed by atoms with E-state index in [4.69, 9.17) is 9.47 Å². The second-order valence-corrected chi connectivity index (χ2v) is 4.14. The minimum absolute atomic E-state index is 0.159. The number of halogens is 1. The van der Waals surface area contributed by atoms with Crippen molar-refractivity contribution in [1.29, 1.82) is 0 Å². The summed E-state index contributed by atoms with van der Waals surface area (Å²) in [4.78, 5) is 0. The highest BCUT2D eigenvalue weighted by Crippen LogP contribution is 2.18. The van der Waals surface area contributed by atoms with E-state index in [2.05, 4.69) is 0 Å². The van der Waals surface area contributed by atoms with Crippen molar-refractivity contribution < 1.29 is 13.9 Å². The largest absolute Gasteiger partial charge is 0.353 e. The van der Waals surface area contributed by atoms with Crippen LogP contribution in [0.15, 0.2) is 18.2 Å². The fourth-order valence-corrected chi connectivity index (χ4v) is 1.87. The van der Waals surface area contributed by atoms with Crippen molar-refractivity contribution in [2.75, 3.05) is 6.61 Å². The van der Waals surface area contributed by atoms with Crippen LogP contribution in [0.25, 0.3) is 0 Å². The summed E-state index contributed by atoms with van der Waals surface area (Å²) in [6.07, 6.45) is 2.97. The molecule has 0 aliphatic carbocycles. The lowest BCUT2D eigenvalue weighted by molar-refractivity contribution is -0.169. The van der Waals surface area contributed by atoms with Crippen molar-refractivity contribution in [2.24, 2.45) is 0 Å². The van der Waals surface area contributed by atoms with Gasteiger partial charge in [0.15, 0.2) is 6.29 Å². The molecule has 16 heavy (non-hydrogen) atoms. The van der Waals surface area contributed by atoms with Gasteiger partial charge in [-0.05, 0) is 37.8 Å². The first-order valence-electron chi connectivity index (χ1n) is 5.74. The number of hydrogen-bond acceptors (Lipinski definition) is 2. The van der Waals surface area contributed by atoms with Crippen LogP contribution in [0.2, 0.25) is 0 Å². The number of rotatable bonds is 3. The summed E-state index contributed by atoms with van der Waals surface area (Å²) in [6, 6.07) is 5.07. The van der Waals surface area contributed by atoms with Gasteiger partial charge in [0.25, 0.3) is 0 Å². The van der Waals surface area contributed by atoms with Crippen molar-refractivity contribution in [2.45, 2.75) is 39.1 Å². The second kappa shape index (κ2) is 5.41. The zero-order chi connectivity index (χ0) is 11.4. The second-order valence-electron chi connectivity index (χ2n) is 4.14. The first-order chi connectivity index (χ1) is 7.77. The molecule has 0 amide bonds. The maximum atomic E-state index is 13.5. The minimum atomic E-state index is -0.198. The lowest BCUT2D eigenvalue weighted by Gasteiger charge is -2.23. The molecule has 1 fully saturated rings. The summed E-state index contributed by atoms with van der Waals surface area (Å²) in [5.74, 6) is -0.198. The fraction of sp³-hybridized carbons (Fsp3) is 0.538. The van der Waals surface area contributed by atoms with E-state index in [1.807, 2.05) is 13.0 Å². The third-order valence-corrected chi connectivity index (χ3v) is 2.90. The van der Waals surface area contributed by atoms with Gasteiger partial charge in [0.2, 0.25) is 0 Å². The molecular formula is C13H17FO2. The molecule has 1 aromatic rings. The third kappa shape index (κ3) is 2.80. The van der Waals surface area contributed by atoms with E-state index in [9.17, 15) is 4.39 Å². The Kier molecular flexibility index (Phi) is 3.91. The monoisotopic (exact) mass is 224 g/mol. The SMILES string of the molecule is Cc1cccc(F)c1COC1CCCCO1. The van der Waals surface area contributed by atoms with Crippen LogP contribution < -0.4 is 0 Å². The fourth-order valence-electron chi connectivity index (χ4n) is 1.87. The van der Waals surface area contributed by atoms with Gasteiger partial charge in [-0.2, -0.15) is 0 Å². The average Bonchev–Trinajstić information content (AvgIpc) is 2.30. The Morgan fingerprint density at radius 3 is 3.00 bits per heavy atom. The number of benzene rings is 1. The van der Waals surface area contributed by atoms with E-state index in [0.717, 1.165) is 31.4 Å². The Labute approximate surface area is 95.4 Å². The molecule has 1 atom stereocenters. The van der Waals surface area contributed by atoms with Crippen LogP contribution in [-0.2, 0) is 16.1 Å². The molecule has 1 aliphatic rings. The maximum absolute atomic E-state index is 13.5. The zero-order valence-corrected chi connectivity index (χ0v) is 9.54. The summed E-state index contributed by atoms with van der Waals surface area (Å²) in [5, 5.41) is 0. The molecule has 0 bridgehead atoms. The molecule has 2 rings (SSSR count). The van der Waals surface area contributed by atoms with Gasteiger partial charge in [-0.25, -0.2) is 4.39 Å². The maximum Gasteiger partial charge on any atom is 0.158 e. The molecule has 2 nitrogen and oxygen atoms in total. The van der Waals surface area contributed by atoms with Crippen LogP contribution in [0, 0.1) is 12.7 Å². The van der Waals surface area contributed by atoms with E-state index in [1.165, 1.54) is 6.07 Å². The van der Waals surface area contributed by atoms with Crippen LogP contribution >= 0.6 is 0 Å². The van der Waals surface area contributed by atoms with Crippen molar-refractivity contribution in [3.05, 3.63) is 35.1 Å². The van der Waals surface area contributed by atoms with Crippen LogP contribution in [0.3, 0.4) is 0 Å². The molecule has 1 aliphatic heterocycles. The van der Waals surface area contributed by atoms with Gasteiger partial charge in [0.1, 0.15) is 5.82 Å². The molecule has 0 N–H and O–H groups in total. The van der Waals surface area contributed by atoms with Crippen molar-refractivity contribution >= 4 is 0 Å². The first-order valence-corrected chi connectivity index (χ1v) is 5.74. The van der Waals surface area contributed by atoms with Gasteiger partial charge in [0, 0.05) is 12.2 Å². The Balaban J connectivity index is 1.93. The summed E-state index contributed by atoms with van der Waals surface area (Å²) in [7, 11) is 0. The standard InChI is InChI=1S/C13H17FO2/c1-10-5-4-6-12(14)11(10)9-16-13-7-2-3-8-15-13/h4-6,13H,2-3,7-9H2,1H3. The molecule has 1 aromatic carbocycles. The highest BCUT2D eigenvalue weighted by Gasteiger charge is 2.15. The molecular weight excluding hydrogens is 207 g/mol. The van der Waals surface area contributed by atoms with Crippen molar-refractivity contribution in [3.63, 3.8) is 0 Å². The smallest absolute Gasteiger partial charge is 0.158 e. The van der Waals surface area contributed by atoms with E-state index in [-0.39, 0.29) is 12.1 Å². The average molecular weight is 224 g/mol. The first kappa shape index (κ1) is 11.6. The lowest BCUT2D eigenvalue weighted by Crippen LogP contribution is -2.22. The van der Waals surface area contributed by atoms with Crippen molar-refractivity contribution in [1.82, 2.24) is 0 Å². The van der Waals surface area contributed by atoms with E-state index in [1.54, 1.807) is 6.07 Å². The number of ether oxygens (including phenoxy) is 2. The van der Waals surface area contributed by atoms with Crippen LogP contribution in [0.4, 0.5) is 4.39 Å². The topological polar surface area (TPSA) is 18.5 Å².